The van der Waals surface area contributed by atoms with E-state index in [4.69, 9.17) is 29.8 Å². The number of urea groups is 1. The van der Waals surface area contributed by atoms with Gasteiger partial charge in [-0.25, -0.2) is 17.4 Å². The molecule has 1 radical (unpaired) electrons. The maximum Gasteiger partial charge on any atom is 0.425 e. The Morgan fingerprint density at radius 3 is 1.91 bits per heavy atom. The minimum Gasteiger partial charge on any atom is -0.507 e. The number of nitrogens with one attached hydrogen (secondary N) is 3. The van der Waals surface area contributed by atoms with Gasteiger partial charge in [0.05, 0.1) is 40.1 Å². The molecule has 4 rings (SSSR count). The van der Waals surface area contributed by atoms with Crippen molar-refractivity contribution in [1.29, 1.82) is 0 Å². The fourth-order valence-corrected chi connectivity index (χ4v) is 5.99. The first kappa shape index (κ1) is 49.7. The van der Waals surface area contributed by atoms with Crippen molar-refractivity contribution in [2.24, 2.45) is 10.2 Å². The van der Waals surface area contributed by atoms with Crippen LogP contribution < -0.4 is 16.0 Å². The summed E-state index contributed by atoms with van der Waals surface area (Å²) >= 11 is 0. The van der Waals surface area contributed by atoms with E-state index in [9.17, 15) is 49.9 Å². The molecule has 0 aliphatic heterocycles. The summed E-state index contributed by atoms with van der Waals surface area (Å²) in [5, 5.41) is 47.9. The Hall–Kier alpha value is -5.30. The third-order valence-corrected chi connectivity index (χ3v) is 9.32. The van der Waals surface area contributed by atoms with E-state index in [0.717, 1.165) is 18.2 Å². The van der Waals surface area contributed by atoms with Crippen LogP contribution in [0.15, 0.2) is 81.9 Å². The molecule has 4 aromatic carbocycles. The number of benzene rings is 4. The molecular weight excluding hydrogens is 922 g/mol. The van der Waals surface area contributed by atoms with E-state index in [1.54, 1.807) is 6.07 Å². The van der Waals surface area contributed by atoms with Gasteiger partial charge in [0.1, 0.15) is 22.9 Å². The molecule has 0 aliphatic carbocycles. The topological polar surface area (TPSA) is 393 Å². The van der Waals surface area contributed by atoms with Crippen LogP contribution in [0.2, 0.25) is 0 Å². The first-order valence-corrected chi connectivity index (χ1v) is 21.0. The molecule has 4 aromatic rings. The molecular formula is C27H27CuN5O19S5. The van der Waals surface area contributed by atoms with Crippen LogP contribution in [-0.4, -0.2) is 106 Å². The van der Waals surface area contributed by atoms with Crippen LogP contribution in [0.25, 0.3) is 10.8 Å². The molecule has 0 bridgehead atoms. The van der Waals surface area contributed by atoms with Crippen molar-refractivity contribution < 1.29 is 101 Å². The van der Waals surface area contributed by atoms with Gasteiger partial charge < -0.3 is 31.3 Å². The Kier molecular flexibility index (Phi) is 19.1. The molecule has 0 aromatic heterocycles. The summed E-state index contributed by atoms with van der Waals surface area (Å²) in [4.78, 5) is 11.9. The number of hydrogen-bond acceptors (Lipinski definition) is 20. The molecule has 57 heavy (non-hydrogen) atoms. The minimum absolute atomic E-state index is 0. The molecule has 315 valence electrons. The van der Waals surface area contributed by atoms with Crippen LogP contribution in [0.1, 0.15) is 0 Å². The number of carbonyl (C=O) groups is 1. The molecule has 8 N–H and O–H groups in total. The molecule has 30 heteroatoms. The summed E-state index contributed by atoms with van der Waals surface area (Å²) in [6.07, 6.45) is 0. The number of fused-ring (bicyclic) bond motifs is 1. The Bertz CT molecular complexity index is 2660. The predicted molar refractivity (Wildman–Crippen MR) is 192 cm³/mol. The van der Waals surface area contributed by atoms with E-state index in [0.29, 0.717) is 10.8 Å². The van der Waals surface area contributed by atoms with Gasteiger partial charge in [-0.15, -0.1) is 35.5 Å². The third kappa shape index (κ3) is 17.6. The van der Waals surface area contributed by atoms with Crippen molar-refractivity contribution in [3.63, 3.8) is 0 Å². The number of anilines is 3. The number of carbonyl (C=O) groups excluding carboxylic acids is 1. The number of aromatic hydroxyl groups is 3. The Morgan fingerprint density at radius 2 is 1.32 bits per heavy atom. The van der Waals surface area contributed by atoms with Gasteiger partial charge in [-0.05, 0) is 48.5 Å². The fraction of sp³-hybridized carbons (Fsp3) is 0.148. The maximum absolute atomic E-state index is 12.4. The normalized spacial score (nSPS) is 11.2. The minimum atomic E-state index is -4.81. The van der Waals surface area contributed by atoms with Crippen LogP contribution in [0.5, 0.6) is 17.2 Å². The van der Waals surface area contributed by atoms with Crippen molar-refractivity contribution in [3.05, 3.63) is 66.7 Å². The molecule has 0 saturated heterocycles. The second-order valence-electron chi connectivity index (χ2n) is 10.2. The van der Waals surface area contributed by atoms with Gasteiger partial charge in [-0.1, -0.05) is 18.2 Å². The summed E-state index contributed by atoms with van der Waals surface area (Å²) in [6, 6.07) is 13.7. The first-order valence-electron chi connectivity index (χ1n) is 14.4. The maximum atomic E-state index is 12.4. The number of sulfone groups is 1. The van der Waals surface area contributed by atoms with Gasteiger partial charge in [-0.2, -0.15) is 16.8 Å². The molecule has 0 saturated carbocycles. The van der Waals surface area contributed by atoms with Gasteiger partial charge >= 0.3 is 37.6 Å². The zero-order valence-electron chi connectivity index (χ0n) is 27.9. The number of phenols is 3. The number of para-hydroxylation sites is 1. The molecule has 24 nitrogen and oxygen atoms in total. The number of azo groups is 1. The Morgan fingerprint density at radius 1 is 0.702 bits per heavy atom. The first-order chi connectivity index (χ1) is 25.9. The average molecular weight is 949 g/mol. The van der Waals surface area contributed by atoms with E-state index in [2.05, 4.69) is 30.4 Å². The van der Waals surface area contributed by atoms with Gasteiger partial charge in [0.2, 0.25) is 0 Å². The van der Waals surface area contributed by atoms with Gasteiger partial charge in [0.25, 0.3) is 10.1 Å². The standard InChI is InChI=1S/C27H27N5O13S3.Cu.2O3S/c33-23-6-1-3-18-17(23)8-9-19(29-22-15-16(47(39,40)41)7-10-24(22)34)25(18)32-31-21-5-2-4-20(26(21)35)30-27(36)28-11-13-46(37,38)14-12-45-48(42,43)44;;2*1-4(2)3/h1-10,15,29,33-35H,11-14H2,(H2,28,30,36)(H,39,40,41)(H,42,43,44);;;. The molecule has 0 aliphatic rings. The second-order valence-corrected chi connectivity index (χ2v) is 15.8. The summed E-state index contributed by atoms with van der Waals surface area (Å²) in [5.74, 6) is -2.35. The number of hydrogen-bond donors (Lipinski definition) is 8. The van der Waals surface area contributed by atoms with Gasteiger partial charge in [-0.3, -0.25) is 9.11 Å². The number of phenolic OH excluding ortho intramolecular Hbond substituents is 3. The van der Waals surface area contributed by atoms with Crippen molar-refractivity contribution in [3.8, 4) is 17.2 Å². The Balaban J connectivity index is 0.00000165. The third-order valence-electron chi connectivity index (χ3n) is 6.39. The van der Waals surface area contributed by atoms with Crippen molar-refractivity contribution in [2.75, 3.05) is 35.3 Å². The number of nitrogens with zero attached hydrogens (tertiary/aromatic N) is 2. The van der Waals surface area contributed by atoms with E-state index in [-0.39, 0.29) is 57.0 Å². The largest absolute Gasteiger partial charge is 0.507 e. The molecule has 0 spiro atoms. The molecule has 0 atom stereocenters. The quantitative estimate of drug-likeness (QED) is 0.0409. The van der Waals surface area contributed by atoms with Crippen LogP contribution in [0.3, 0.4) is 0 Å². The molecule has 2 amide bonds. The predicted octanol–water partition coefficient (Wildman–Crippen LogP) is 1.71. The van der Waals surface area contributed by atoms with Gasteiger partial charge in [0, 0.05) is 34.4 Å². The zero-order chi connectivity index (χ0) is 42.4. The fourth-order valence-electron chi connectivity index (χ4n) is 4.13. The van der Waals surface area contributed by atoms with Crippen LogP contribution in [0.4, 0.5) is 33.2 Å². The number of amides is 2. The smallest absolute Gasteiger partial charge is 0.425 e. The summed E-state index contributed by atoms with van der Waals surface area (Å²) in [5.41, 5.74) is -0.186. The summed E-state index contributed by atoms with van der Waals surface area (Å²) < 4.78 is 141. The number of rotatable bonds is 13. The molecule has 0 heterocycles. The Labute approximate surface area is 335 Å². The average Bonchev–Trinajstić information content (AvgIpc) is 3.05. The molecule has 0 fully saturated rings. The van der Waals surface area contributed by atoms with Crippen LogP contribution in [-0.2, 0) is 72.8 Å². The second kappa shape index (κ2) is 21.9. The summed E-state index contributed by atoms with van der Waals surface area (Å²) in [7, 11) is -19.5. The van der Waals surface area contributed by atoms with Gasteiger partial charge in [0.15, 0.2) is 15.6 Å². The monoisotopic (exact) mass is 948 g/mol. The van der Waals surface area contributed by atoms with E-state index in [1.165, 1.54) is 42.5 Å². The zero-order valence-corrected chi connectivity index (χ0v) is 32.9. The van der Waals surface area contributed by atoms with Crippen LogP contribution in [0, 0.1) is 0 Å². The van der Waals surface area contributed by atoms with Crippen molar-refractivity contribution in [1.82, 2.24) is 5.32 Å². The van der Waals surface area contributed by atoms with Crippen LogP contribution >= 0.6 is 0 Å². The van der Waals surface area contributed by atoms with E-state index in [1.807, 2.05) is 0 Å². The van der Waals surface area contributed by atoms with Crippen molar-refractivity contribution in [2.45, 2.75) is 4.90 Å². The SMILES string of the molecule is O=C(NCCS(=O)(=O)CCOS(=O)(=O)O)Nc1cccc(N=Nc2c(Nc3cc(S(=O)(=O)O)ccc3O)ccc3c(O)cccc23)c1O.O=S(=O)=O.O=S(=O)=O.[Cu]. The summed E-state index contributed by atoms with van der Waals surface area (Å²) in [6.45, 7) is -1.21. The molecule has 0 unspecified atom stereocenters. The van der Waals surface area contributed by atoms with Crippen molar-refractivity contribution >= 4 is 96.8 Å². The van der Waals surface area contributed by atoms with E-state index < -0.39 is 92.9 Å². The van der Waals surface area contributed by atoms with E-state index >= 15 is 0 Å².